The van der Waals surface area contributed by atoms with Crippen LogP contribution >= 0.6 is 0 Å². The van der Waals surface area contributed by atoms with Crippen LogP contribution in [0, 0.1) is 0 Å². The van der Waals surface area contributed by atoms with Gasteiger partial charge in [-0.2, -0.15) is 0 Å². The van der Waals surface area contributed by atoms with Crippen LogP contribution in [0.2, 0.25) is 0 Å². The van der Waals surface area contributed by atoms with Crippen LogP contribution in [0.5, 0.6) is 0 Å². The highest BCUT2D eigenvalue weighted by Crippen LogP contribution is 2.24. The van der Waals surface area contributed by atoms with Gasteiger partial charge in [0.1, 0.15) is 5.82 Å². The maximum absolute atomic E-state index is 9.77. The third-order valence-electron chi connectivity index (χ3n) is 3.49. The largest absolute Gasteiger partial charge is 0.390 e. The molecule has 0 aliphatic carbocycles. The minimum absolute atomic E-state index is 0.364. The van der Waals surface area contributed by atoms with Crippen molar-refractivity contribution in [2.75, 3.05) is 0 Å². The molecule has 0 saturated carbocycles. The molecule has 4 nitrogen and oxygen atoms in total. The second-order valence-electron chi connectivity index (χ2n) is 5.95. The van der Waals surface area contributed by atoms with Crippen molar-refractivity contribution in [3.05, 3.63) is 36.9 Å². The van der Waals surface area contributed by atoms with Crippen LogP contribution in [0.15, 0.2) is 36.9 Å². The van der Waals surface area contributed by atoms with E-state index in [1.165, 1.54) is 0 Å². The van der Waals surface area contributed by atoms with Crippen molar-refractivity contribution in [2.45, 2.75) is 51.7 Å². The average molecular weight is 273 g/mol. The first-order valence-electron chi connectivity index (χ1n) is 7.13. The molecule has 0 amide bonds. The summed E-state index contributed by atoms with van der Waals surface area (Å²) in [5, 5.41) is 9.77. The first kappa shape index (κ1) is 14.7. The second-order valence-corrected chi connectivity index (χ2v) is 5.95. The number of aromatic nitrogens is 3. The van der Waals surface area contributed by atoms with Crippen molar-refractivity contribution >= 4 is 0 Å². The smallest absolute Gasteiger partial charge is 0.140 e. The molecule has 1 atom stereocenters. The van der Waals surface area contributed by atoms with Gasteiger partial charge in [0, 0.05) is 36.4 Å². The summed E-state index contributed by atoms with van der Waals surface area (Å²) in [6.07, 6.45) is 10.3. The Kier molecular flexibility index (Phi) is 4.55. The van der Waals surface area contributed by atoms with E-state index in [4.69, 9.17) is 0 Å². The SMILES string of the molecule is C[C@H](CCCC(C)(C)O)n1ccnc1-c1ccncc1. The zero-order chi connectivity index (χ0) is 14.6. The zero-order valence-electron chi connectivity index (χ0n) is 12.5. The Hall–Kier alpha value is -1.68. The number of nitrogens with zero attached hydrogens (tertiary/aromatic N) is 3. The van der Waals surface area contributed by atoms with Gasteiger partial charge in [-0.05, 0) is 52.2 Å². The first-order valence-corrected chi connectivity index (χ1v) is 7.13. The topological polar surface area (TPSA) is 50.9 Å². The number of hydrogen-bond donors (Lipinski definition) is 1. The Morgan fingerprint density at radius 3 is 2.60 bits per heavy atom. The van der Waals surface area contributed by atoms with Gasteiger partial charge in [0.05, 0.1) is 5.60 Å². The van der Waals surface area contributed by atoms with E-state index in [0.717, 1.165) is 30.7 Å². The molecule has 0 saturated heterocycles. The van der Waals surface area contributed by atoms with Crippen LogP contribution in [-0.4, -0.2) is 25.2 Å². The lowest BCUT2D eigenvalue weighted by Crippen LogP contribution is -2.18. The molecule has 0 fully saturated rings. The third kappa shape index (κ3) is 3.90. The molecule has 0 unspecified atom stereocenters. The van der Waals surface area contributed by atoms with E-state index in [0.29, 0.717) is 6.04 Å². The highest BCUT2D eigenvalue weighted by molar-refractivity contribution is 5.54. The molecule has 2 heterocycles. The molecule has 0 aliphatic rings. The Morgan fingerprint density at radius 2 is 1.95 bits per heavy atom. The zero-order valence-corrected chi connectivity index (χ0v) is 12.5. The highest BCUT2D eigenvalue weighted by atomic mass is 16.3. The van der Waals surface area contributed by atoms with Crippen LogP contribution < -0.4 is 0 Å². The Balaban J connectivity index is 2.05. The summed E-state index contributed by atoms with van der Waals surface area (Å²) in [5.41, 5.74) is 0.502. The fourth-order valence-electron chi connectivity index (χ4n) is 2.36. The lowest BCUT2D eigenvalue weighted by Gasteiger charge is -2.20. The molecule has 2 aromatic rings. The van der Waals surface area contributed by atoms with Gasteiger partial charge >= 0.3 is 0 Å². The van der Waals surface area contributed by atoms with E-state index in [9.17, 15) is 5.11 Å². The molecule has 108 valence electrons. The molecular weight excluding hydrogens is 250 g/mol. The monoisotopic (exact) mass is 273 g/mol. The van der Waals surface area contributed by atoms with Crippen LogP contribution in [0.4, 0.5) is 0 Å². The predicted molar refractivity (Wildman–Crippen MR) is 80.3 cm³/mol. The molecule has 1 N–H and O–H groups in total. The Labute approximate surface area is 120 Å². The lowest BCUT2D eigenvalue weighted by atomic mass is 9.99. The standard InChI is InChI=1S/C16H23N3O/c1-13(5-4-8-16(2,3)20)19-12-11-18-15(19)14-6-9-17-10-7-14/h6-7,9-13,20H,4-5,8H2,1-3H3/t13-/m1/s1. The Bertz CT molecular complexity index is 528. The van der Waals surface area contributed by atoms with Crippen molar-refractivity contribution in [1.82, 2.24) is 14.5 Å². The molecule has 20 heavy (non-hydrogen) atoms. The number of aliphatic hydroxyl groups is 1. The highest BCUT2D eigenvalue weighted by Gasteiger charge is 2.15. The van der Waals surface area contributed by atoms with Crippen LogP contribution in [0.1, 0.15) is 46.1 Å². The van der Waals surface area contributed by atoms with Gasteiger partial charge in [-0.1, -0.05) is 0 Å². The van der Waals surface area contributed by atoms with Gasteiger partial charge in [0.15, 0.2) is 0 Å². The molecule has 4 heteroatoms. The van der Waals surface area contributed by atoms with Gasteiger partial charge in [-0.15, -0.1) is 0 Å². The summed E-state index contributed by atoms with van der Waals surface area (Å²) in [6.45, 7) is 5.91. The van der Waals surface area contributed by atoms with Crippen molar-refractivity contribution in [2.24, 2.45) is 0 Å². The molecule has 2 aromatic heterocycles. The molecule has 0 radical (unpaired) electrons. The lowest BCUT2D eigenvalue weighted by molar-refractivity contribution is 0.0672. The normalized spacial score (nSPS) is 13.4. The van der Waals surface area contributed by atoms with Crippen molar-refractivity contribution in [1.29, 1.82) is 0 Å². The summed E-state index contributed by atoms with van der Waals surface area (Å²) in [4.78, 5) is 8.49. The molecular formula is C16H23N3O. The van der Waals surface area contributed by atoms with Crippen LogP contribution in [0.3, 0.4) is 0 Å². The molecule has 0 aliphatic heterocycles. The van der Waals surface area contributed by atoms with Gasteiger partial charge in [0.25, 0.3) is 0 Å². The number of pyridine rings is 1. The number of rotatable bonds is 6. The quantitative estimate of drug-likeness (QED) is 0.877. The fourth-order valence-corrected chi connectivity index (χ4v) is 2.36. The number of imidazole rings is 1. The maximum Gasteiger partial charge on any atom is 0.140 e. The van der Waals surface area contributed by atoms with Crippen LogP contribution in [-0.2, 0) is 0 Å². The van der Waals surface area contributed by atoms with Gasteiger partial charge < -0.3 is 9.67 Å². The minimum Gasteiger partial charge on any atom is -0.390 e. The van der Waals surface area contributed by atoms with Crippen LogP contribution in [0.25, 0.3) is 11.4 Å². The van der Waals surface area contributed by atoms with E-state index < -0.39 is 5.60 Å². The summed E-state index contributed by atoms with van der Waals surface area (Å²) in [5.74, 6) is 0.975. The summed E-state index contributed by atoms with van der Waals surface area (Å²) in [7, 11) is 0. The van der Waals surface area contributed by atoms with E-state index >= 15 is 0 Å². The first-order chi connectivity index (χ1) is 9.47. The molecule has 2 rings (SSSR count). The maximum atomic E-state index is 9.77. The summed E-state index contributed by atoms with van der Waals surface area (Å²) in [6, 6.07) is 4.31. The van der Waals surface area contributed by atoms with Gasteiger partial charge in [-0.25, -0.2) is 4.98 Å². The minimum atomic E-state index is -0.581. The van der Waals surface area contributed by atoms with Crippen molar-refractivity contribution in [3.63, 3.8) is 0 Å². The van der Waals surface area contributed by atoms with Gasteiger partial charge in [-0.3, -0.25) is 4.98 Å². The fraction of sp³-hybridized carbons (Fsp3) is 0.500. The van der Waals surface area contributed by atoms with Crippen molar-refractivity contribution in [3.8, 4) is 11.4 Å². The van der Waals surface area contributed by atoms with E-state index in [2.05, 4.69) is 21.5 Å². The average Bonchev–Trinajstić information content (AvgIpc) is 2.87. The third-order valence-corrected chi connectivity index (χ3v) is 3.49. The Morgan fingerprint density at radius 1 is 1.25 bits per heavy atom. The number of hydrogen-bond acceptors (Lipinski definition) is 3. The summed E-state index contributed by atoms with van der Waals surface area (Å²) < 4.78 is 2.19. The molecule has 0 spiro atoms. The van der Waals surface area contributed by atoms with Gasteiger partial charge in [0.2, 0.25) is 0 Å². The molecule has 0 aromatic carbocycles. The van der Waals surface area contributed by atoms with Crippen molar-refractivity contribution < 1.29 is 5.11 Å². The second kappa shape index (κ2) is 6.18. The summed E-state index contributed by atoms with van der Waals surface area (Å²) >= 11 is 0. The van der Waals surface area contributed by atoms with E-state index in [-0.39, 0.29) is 0 Å². The predicted octanol–water partition coefficient (Wildman–Crippen LogP) is 3.45. The van der Waals surface area contributed by atoms with E-state index in [1.54, 1.807) is 12.4 Å². The molecule has 0 bridgehead atoms. The van der Waals surface area contributed by atoms with E-state index in [1.807, 2.05) is 38.4 Å².